The SMILES string of the molecule is CC(C)(C)Nc1ccc(NC(=O)COc2ccccc2)cn1. The summed E-state index contributed by atoms with van der Waals surface area (Å²) < 4.78 is 5.38. The molecule has 0 saturated carbocycles. The zero-order valence-corrected chi connectivity index (χ0v) is 13.1. The number of carbonyl (C=O) groups is 1. The molecule has 2 aromatic rings. The Morgan fingerprint density at radius 2 is 1.86 bits per heavy atom. The monoisotopic (exact) mass is 299 g/mol. The van der Waals surface area contributed by atoms with E-state index in [1.54, 1.807) is 6.20 Å². The lowest BCUT2D eigenvalue weighted by Crippen LogP contribution is -2.26. The number of hydrogen-bond donors (Lipinski definition) is 2. The van der Waals surface area contributed by atoms with Crippen LogP contribution in [0.2, 0.25) is 0 Å². The minimum absolute atomic E-state index is 0.0357. The lowest BCUT2D eigenvalue weighted by Gasteiger charge is -2.21. The van der Waals surface area contributed by atoms with Crippen LogP contribution in [0, 0.1) is 0 Å². The van der Waals surface area contributed by atoms with E-state index in [-0.39, 0.29) is 18.1 Å². The summed E-state index contributed by atoms with van der Waals surface area (Å²) in [5.74, 6) is 1.22. The normalized spacial score (nSPS) is 10.9. The van der Waals surface area contributed by atoms with Gasteiger partial charge in [-0.25, -0.2) is 4.98 Å². The molecule has 5 nitrogen and oxygen atoms in total. The molecule has 0 bridgehead atoms. The summed E-state index contributed by atoms with van der Waals surface area (Å²) >= 11 is 0. The summed E-state index contributed by atoms with van der Waals surface area (Å²) in [6.07, 6.45) is 1.62. The number of ether oxygens (including phenoxy) is 1. The van der Waals surface area contributed by atoms with Crippen molar-refractivity contribution < 1.29 is 9.53 Å². The minimum atomic E-state index is -0.220. The number of amides is 1. The molecule has 0 saturated heterocycles. The van der Waals surface area contributed by atoms with Crippen LogP contribution in [0.15, 0.2) is 48.7 Å². The second-order valence-corrected chi connectivity index (χ2v) is 5.96. The molecule has 2 N–H and O–H groups in total. The molecule has 0 atom stereocenters. The average molecular weight is 299 g/mol. The van der Waals surface area contributed by atoms with Crippen molar-refractivity contribution in [2.75, 3.05) is 17.2 Å². The van der Waals surface area contributed by atoms with Crippen molar-refractivity contribution in [2.24, 2.45) is 0 Å². The van der Waals surface area contributed by atoms with Crippen LogP contribution in [0.1, 0.15) is 20.8 Å². The van der Waals surface area contributed by atoms with E-state index in [4.69, 9.17) is 4.74 Å². The summed E-state index contributed by atoms with van der Waals surface area (Å²) in [6.45, 7) is 6.15. The number of nitrogens with zero attached hydrogens (tertiary/aromatic N) is 1. The molecule has 1 heterocycles. The number of rotatable bonds is 5. The van der Waals surface area contributed by atoms with Crippen LogP contribution in [0.4, 0.5) is 11.5 Å². The van der Waals surface area contributed by atoms with Crippen LogP contribution in [0.5, 0.6) is 5.75 Å². The molecule has 0 fully saturated rings. The molecule has 5 heteroatoms. The van der Waals surface area contributed by atoms with Crippen LogP contribution in [-0.2, 0) is 4.79 Å². The highest BCUT2D eigenvalue weighted by Crippen LogP contribution is 2.14. The average Bonchev–Trinajstić information content (AvgIpc) is 2.47. The van der Waals surface area contributed by atoms with Gasteiger partial charge in [-0.15, -0.1) is 0 Å². The Bertz CT molecular complexity index is 604. The third kappa shape index (κ3) is 5.44. The molecule has 2 rings (SSSR count). The smallest absolute Gasteiger partial charge is 0.262 e. The van der Waals surface area contributed by atoms with E-state index in [1.807, 2.05) is 42.5 Å². The van der Waals surface area contributed by atoms with Crippen LogP contribution in [-0.4, -0.2) is 23.0 Å². The number of hydrogen-bond acceptors (Lipinski definition) is 4. The molecule has 1 aromatic carbocycles. The number of anilines is 2. The summed E-state index contributed by atoms with van der Waals surface area (Å²) in [7, 11) is 0. The summed E-state index contributed by atoms with van der Waals surface area (Å²) in [5.41, 5.74) is 0.586. The van der Waals surface area contributed by atoms with E-state index in [9.17, 15) is 4.79 Å². The first kappa shape index (κ1) is 15.8. The van der Waals surface area contributed by atoms with Crippen LogP contribution in [0.3, 0.4) is 0 Å². The van der Waals surface area contributed by atoms with Crippen molar-refractivity contribution in [3.8, 4) is 5.75 Å². The quantitative estimate of drug-likeness (QED) is 0.889. The van der Waals surface area contributed by atoms with Crippen molar-refractivity contribution in [2.45, 2.75) is 26.3 Å². The molecule has 0 aliphatic carbocycles. The van der Waals surface area contributed by atoms with Crippen LogP contribution in [0.25, 0.3) is 0 Å². The van der Waals surface area contributed by atoms with Gasteiger partial charge < -0.3 is 15.4 Å². The van der Waals surface area contributed by atoms with E-state index >= 15 is 0 Å². The topological polar surface area (TPSA) is 63.2 Å². The summed E-state index contributed by atoms with van der Waals surface area (Å²) in [5, 5.41) is 6.01. The highest BCUT2D eigenvalue weighted by molar-refractivity contribution is 5.91. The third-order valence-corrected chi connectivity index (χ3v) is 2.66. The maximum absolute atomic E-state index is 11.8. The van der Waals surface area contributed by atoms with E-state index in [1.165, 1.54) is 0 Å². The summed E-state index contributed by atoms with van der Waals surface area (Å²) in [4.78, 5) is 16.1. The number of para-hydroxylation sites is 1. The highest BCUT2D eigenvalue weighted by Gasteiger charge is 2.10. The molecule has 0 radical (unpaired) electrons. The number of nitrogens with one attached hydrogen (secondary N) is 2. The van der Waals surface area contributed by atoms with Crippen LogP contribution >= 0.6 is 0 Å². The Balaban J connectivity index is 1.84. The van der Waals surface area contributed by atoms with Crippen molar-refractivity contribution in [3.63, 3.8) is 0 Å². The van der Waals surface area contributed by atoms with E-state index in [2.05, 4.69) is 36.4 Å². The van der Waals surface area contributed by atoms with Gasteiger partial charge in [-0.1, -0.05) is 18.2 Å². The molecule has 22 heavy (non-hydrogen) atoms. The van der Waals surface area contributed by atoms with Gasteiger partial charge >= 0.3 is 0 Å². The van der Waals surface area contributed by atoms with E-state index in [0.29, 0.717) is 11.4 Å². The Morgan fingerprint density at radius 3 is 2.45 bits per heavy atom. The molecule has 1 aromatic heterocycles. The molecule has 0 aliphatic rings. The molecule has 0 spiro atoms. The van der Waals surface area contributed by atoms with Crippen LogP contribution < -0.4 is 15.4 Å². The Labute approximate surface area is 130 Å². The zero-order valence-electron chi connectivity index (χ0n) is 13.1. The molecular weight excluding hydrogens is 278 g/mol. The van der Waals surface area contributed by atoms with Crippen molar-refractivity contribution in [1.29, 1.82) is 0 Å². The van der Waals surface area contributed by atoms with Gasteiger partial charge in [-0.3, -0.25) is 4.79 Å². The zero-order chi connectivity index (χ0) is 16.0. The minimum Gasteiger partial charge on any atom is -0.484 e. The predicted octanol–water partition coefficient (Wildman–Crippen LogP) is 3.31. The first-order valence-electron chi connectivity index (χ1n) is 7.14. The molecule has 116 valence electrons. The highest BCUT2D eigenvalue weighted by atomic mass is 16.5. The number of benzene rings is 1. The lowest BCUT2D eigenvalue weighted by molar-refractivity contribution is -0.118. The Hall–Kier alpha value is -2.56. The van der Waals surface area contributed by atoms with Crippen molar-refractivity contribution in [3.05, 3.63) is 48.7 Å². The fourth-order valence-electron chi connectivity index (χ4n) is 1.79. The van der Waals surface area contributed by atoms with Gasteiger partial charge in [0.1, 0.15) is 11.6 Å². The lowest BCUT2D eigenvalue weighted by atomic mass is 10.1. The Morgan fingerprint density at radius 1 is 1.14 bits per heavy atom. The second-order valence-electron chi connectivity index (χ2n) is 5.96. The third-order valence-electron chi connectivity index (χ3n) is 2.66. The van der Waals surface area contributed by atoms with Crippen molar-refractivity contribution in [1.82, 2.24) is 4.98 Å². The van der Waals surface area contributed by atoms with Gasteiger partial charge in [0.05, 0.1) is 11.9 Å². The van der Waals surface area contributed by atoms with Gasteiger partial charge in [0.15, 0.2) is 6.61 Å². The van der Waals surface area contributed by atoms with Gasteiger partial charge in [-0.2, -0.15) is 0 Å². The number of pyridine rings is 1. The molecule has 0 unspecified atom stereocenters. The standard InChI is InChI=1S/C17H21N3O2/c1-17(2,3)20-15-10-9-13(11-18-15)19-16(21)12-22-14-7-5-4-6-8-14/h4-11H,12H2,1-3H3,(H,18,20)(H,19,21). The first-order valence-corrected chi connectivity index (χ1v) is 7.14. The van der Waals surface area contributed by atoms with Crippen molar-refractivity contribution >= 4 is 17.4 Å². The molecular formula is C17H21N3O2. The summed E-state index contributed by atoms with van der Waals surface area (Å²) in [6, 6.07) is 12.9. The van der Waals surface area contributed by atoms with E-state index in [0.717, 1.165) is 5.82 Å². The Kier molecular flexibility index (Phi) is 4.99. The number of carbonyl (C=O) groups excluding carboxylic acids is 1. The fourth-order valence-corrected chi connectivity index (χ4v) is 1.79. The molecule has 1 amide bonds. The fraction of sp³-hybridized carbons (Fsp3) is 0.294. The second kappa shape index (κ2) is 6.93. The van der Waals surface area contributed by atoms with Gasteiger partial charge in [0.2, 0.25) is 0 Å². The maximum Gasteiger partial charge on any atom is 0.262 e. The largest absolute Gasteiger partial charge is 0.484 e. The molecule has 0 aliphatic heterocycles. The van der Waals surface area contributed by atoms with Gasteiger partial charge in [-0.05, 0) is 45.0 Å². The maximum atomic E-state index is 11.8. The predicted molar refractivity (Wildman–Crippen MR) is 88.2 cm³/mol. The van der Waals surface area contributed by atoms with E-state index < -0.39 is 0 Å². The first-order chi connectivity index (χ1) is 10.4. The van der Waals surface area contributed by atoms with Gasteiger partial charge in [0, 0.05) is 5.54 Å². The van der Waals surface area contributed by atoms with Gasteiger partial charge in [0.25, 0.3) is 5.91 Å². The number of aromatic nitrogens is 1.